The lowest BCUT2D eigenvalue weighted by molar-refractivity contribution is -0.114. The summed E-state index contributed by atoms with van der Waals surface area (Å²) >= 11 is 0. The number of nitrogens with zero attached hydrogens (tertiary/aromatic N) is 1. The van der Waals surface area contributed by atoms with Gasteiger partial charge >= 0.3 is 0 Å². The number of nitrogens with two attached hydrogens (primary N) is 1. The fourth-order valence-electron chi connectivity index (χ4n) is 3.92. The molecule has 196 valence electrons. The second kappa shape index (κ2) is 14.7. The van der Waals surface area contributed by atoms with Crippen LogP contribution in [0.15, 0.2) is 47.5 Å². The number of benzene rings is 2. The van der Waals surface area contributed by atoms with Gasteiger partial charge in [0.1, 0.15) is 0 Å². The number of rotatable bonds is 14. The molecule has 5 N–H and O–H groups in total. The molecule has 0 radical (unpaired) electrons. The summed E-state index contributed by atoms with van der Waals surface area (Å²) < 4.78 is 10.5. The zero-order valence-corrected chi connectivity index (χ0v) is 21.7. The molecule has 0 bridgehead atoms. The molecule has 0 heterocycles. The van der Waals surface area contributed by atoms with Crippen molar-refractivity contribution >= 4 is 17.4 Å². The van der Waals surface area contributed by atoms with E-state index < -0.39 is 0 Å². The van der Waals surface area contributed by atoms with E-state index in [1.165, 1.54) is 14.2 Å². The highest BCUT2D eigenvalue weighted by Gasteiger charge is 2.15. The molecule has 8 nitrogen and oxygen atoms in total. The molecule has 0 saturated carbocycles. The Labute approximate surface area is 213 Å². The van der Waals surface area contributed by atoms with Gasteiger partial charge in [-0.1, -0.05) is 38.3 Å². The van der Waals surface area contributed by atoms with Gasteiger partial charge in [0.2, 0.25) is 0 Å². The van der Waals surface area contributed by atoms with Crippen molar-refractivity contribution in [2.75, 3.05) is 26.6 Å². The van der Waals surface area contributed by atoms with Crippen LogP contribution in [0, 0.1) is 5.92 Å². The lowest BCUT2D eigenvalue weighted by atomic mass is 9.92. The van der Waals surface area contributed by atoms with Crippen molar-refractivity contribution in [1.29, 1.82) is 0 Å². The van der Waals surface area contributed by atoms with Gasteiger partial charge in [-0.25, -0.2) is 0 Å². The van der Waals surface area contributed by atoms with Gasteiger partial charge < -0.3 is 30.7 Å². The van der Waals surface area contributed by atoms with Gasteiger partial charge in [0.05, 0.1) is 19.9 Å². The van der Waals surface area contributed by atoms with Gasteiger partial charge in [-0.05, 0) is 66.6 Å². The maximum Gasteiger partial charge on any atom is 0.192 e. The molecule has 8 heteroatoms. The minimum atomic E-state index is -0.0352. The average Bonchev–Trinajstić information content (AvgIpc) is 2.88. The van der Waals surface area contributed by atoms with Crippen LogP contribution in [0.25, 0.3) is 0 Å². The Bertz CT molecular complexity index is 1070. The monoisotopic (exact) mass is 497 g/mol. The van der Waals surface area contributed by atoms with Crippen LogP contribution in [0.2, 0.25) is 0 Å². The van der Waals surface area contributed by atoms with Crippen LogP contribution < -0.4 is 20.5 Å². The van der Waals surface area contributed by atoms with Gasteiger partial charge in [0.25, 0.3) is 0 Å². The number of carbonyl (C=O) groups excluding carboxylic acids is 1. The molecule has 0 aliphatic heterocycles. The van der Waals surface area contributed by atoms with E-state index >= 15 is 0 Å². The van der Waals surface area contributed by atoms with E-state index in [9.17, 15) is 15.0 Å². The molecular formula is C28H39N3O5. The largest absolute Gasteiger partial charge is 0.504 e. The number of unbranched alkanes of at least 4 members (excludes halogenated alkanes) is 2. The Morgan fingerprint density at radius 3 is 2.50 bits per heavy atom. The summed E-state index contributed by atoms with van der Waals surface area (Å²) in [6, 6.07) is 8.76. The number of allylic oxidation sites excluding steroid dienone is 2. The summed E-state index contributed by atoms with van der Waals surface area (Å²) in [4.78, 5) is 16.5. The summed E-state index contributed by atoms with van der Waals surface area (Å²) in [5.41, 5.74) is 8.09. The number of phenols is 2. The first-order valence-electron chi connectivity index (χ1n) is 12.3. The van der Waals surface area contributed by atoms with Crippen molar-refractivity contribution in [3.63, 3.8) is 0 Å². The molecule has 0 unspecified atom stereocenters. The third-order valence-corrected chi connectivity index (χ3v) is 5.99. The number of phenolic OH excluding ortho intramolecular Hbond substituents is 2. The molecule has 36 heavy (non-hydrogen) atoms. The molecule has 2 aromatic rings. The standard InChI is InChI=1S/C28H39N3O5/c1-5-6-7-8-19(9-12-22(32)13-10-20-11-14-24(33)25(17-20)35-3)15-21-16-23(31-28(29)30-2)27(34)26(18-21)36-4/h9,11-12,14,16-19,33-34H,5-8,10,13,15H2,1-4H3,(H3,29,30,31)/b12-9+/t19-/m1/s1. The number of hydrogen-bond acceptors (Lipinski definition) is 6. The number of anilines is 1. The predicted octanol–water partition coefficient (Wildman–Crippen LogP) is 4.97. The van der Waals surface area contributed by atoms with E-state index in [4.69, 9.17) is 15.2 Å². The SMILES string of the molecule is CCCCC[C@H](/C=C/C(=O)CCc1ccc(O)c(OC)c1)Cc1cc(NC(N)=NC)c(O)c(OC)c1. The minimum absolute atomic E-state index is 0.0352. The topological polar surface area (TPSA) is 126 Å². The van der Waals surface area contributed by atoms with Gasteiger partial charge in [0, 0.05) is 13.5 Å². The fraction of sp³-hybridized carbons (Fsp3) is 0.429. The van der Waals surface area contributed by atoms with Crippen LogP contribution >= 0.6 is 0 Å². The second-order valence-corrected chi connectivity index (χ2v) is 8.72. The van der Waals surface area contributed by atoms with Gasteiger partial charge in [0.15, 0.2) is 34.7 Å². The van der Waals surface area contributed by atoms with E-state index in [1.54, 1.807) is 37.4 Å². The van der Waals surface area contributed by atoms with Gasteiger partial charge in [-0.2, -0.15) is 0 Å². The van der Waals surface area contributed by atoms with Crippen LogP contribution in [0.3, 0.4) is 0 Å². The van der Waals surface area contributed by atoms with Crippen LogP contribution in [0.1, 0.15) is 50.2 Å². The zero-order chi connectivity index (χ0) is 26.5. The van der Waals surface area contributed by atoms with E-state index in [0.717, 1.165) is 36.8 Å². The summed E-state index contributed by atoms with van der Waals surface area (Å²) in [6.07, 6.45) is 9.50. The van der Waals surface area contributed by atoms with Crippen LogP contribution in [0.5, 0.6) is 23.0 Å². The van der Waals surface area contributed by atoms with Crippen molar-refractivity contribution in [2.45, 2.75) is 51.9 Å². The number of guanidine groups is 1. The van der Waals surface area contributed by atoms with Crippen molar-refractivity contribution in [3.8, 4) is 23.0 Å². The molecule has 0 spiro atoms. The molecule has 2 rings (SSSR count). The Balaban J connectivity index is 2.14. The number of aliphatic imine (C=N–C) groups is 1. The number of methoxy groups -OCH3 is 2. The smallest absolute Gasteiger partial charge is 0.192 e. The quantitative estimate of drug-likeness (QED) is 0.0954. The molecule has 0 aliphatic rings. The molecule has 0 saturated heterocycles. The summed E-state index contributed by atoms with van der Waals surface area (Å²) in [5.74, 6) is 1.16. The Morgan fingerprint density at radius 1 is 1.11 bits per heavy atom. The van der Waals surface area contributed by atoms with Gasteiger partial charge in [-0.3, -0.25) is 9.79 Å². The third-order valence-electron chi connectivity index (χ3n) is 5.99. The van der Waals surface area contributed by atoms with Crippen LogP contribution in [-0.4, -0.2) is 43.2 Å². The van der Waals surface area contributed by atoms with Crippen LogP contribution in [-0.2, 0) is 17.6 Å². The summed E-state index contributed by atoms with van der Waals surface area (Å²) in [5, 5.41) is 23.1. The highest BCUT2D eigenvalue weighted by atomic mass is 16.5. The maximum atomic E-state index is 12.6. The van der Waals surface area contributed by atoms with E-state index in [2.05, 4.69) is 17.2 Å². The van der Waals surface area contributed by atoms with E-state index in [-0.39, 0.29) is 29.2 Å². The molecule has 0 fully saturated rings. The first kappa shape index (κ1) is 28.6. The second-order valence-electron chi connectivity index (χ2n) is 8.72. The summed E-state index contributed by atoms with van der Waals surface area (Å²) in [6.45, 7) is 2.16. The lowest BCUT2D eigenvalue weighted by Crippen LogP contribution is -2.22. The third kappa shape index (κ3) is 8.83. The highest BCUT2D eigenvalue weighted by Crippen LogP contribution is 2.36. The van der Waals surface area contributed by atoms with Crippen molar-refractivity contribution in [3.05, 3.63) is 53.6 Å². The van der Waals surface area contributed by atoms with Crippen molar-refractivity contribution in [2.24, 2.45) is 16.6 Å². The number of ether oxygens (including phenoxy) is 2. The first-order valence-corrected chi connectivity index (χ1v) is 12.3. The van der Waals surface area contributed by atoms with E-state index in [1.807, 2.05) is 12.1 Å². The number of hydrogen-bond donors (Lipinski definition) is 4. The summed E-state index contributed by atoms with van der Waals surface area (Å²) in [7, 11) is 4.56. The fourth-order valence-corrected chi connectivity index (χ4v) is 3.92. The molecule has 1 atom stereocenters. The number of carbonyl (C=O) groups is 1. The zero-order valence-electron chi connectivity index (χ0n) is 21.7. The maximum absolute atomic E-state index is 12.6. The number of aryl methyl sites for hydroxylation is 1. The molecule has 2 aromatic carbocycles. The number of aromatic hydroxyl groups is 2. The first-order chi connectivity index (χ1) is 17.3. The van der Waals surface area contributed by atoms with Crippen molar-refractivity contribution in [1.82, 2.24) is 0 Å². The van der Waals surface area contributed by atoms with E-state index in [0.29, 0.717) is 36.4 Å². The number of ketones is 1. The molecular weight excluding hydrogens is 458 g/mol. The minimum Gasteiger partial charge on any atom is -0.504 e. The Kier molecular flexibility index (Phi) is 11.6. The lowest BCUT2D eigenvalue weighted by Gasteiger charge is -2.17. The Hall–Kier alpha value is -3.68. The van der Waals surface area contributed by atoms with Crippen molar-refractivity contribution < 1.29 is 24.5 Å². The number of nitrogens with one attached hydrogen (secondary N) is 1. The molecule has 0 aliphatic carbocycles. The highest BCUT2D eigenvalue weighted by molar-refractivity contribution is 5.94. The molecule has 0 amide bonds. The molecule has 0 aromatic heterocycles. The Morgan fingerprint density at radius 2 is 1.83 bits per heavy atom. The average molecular weight is 498 g/mol. The normalized spacial score (nSPS) is 12.5. The van der Waals surface area contributed by atoms with Crippen LogP contribution in [0.4, 0.5) is 5.69 Å². The predicted molar refractivity (Wildman–Crippen MR) is 144 cm³/mol. The van der Waals surface area contributed by atoms with Gasteiger partial charge in [-0.15, -0.1) is 0 Å².